The number of allylic oxidation sites excluding steroid dienone is 1. The Bertz CT molecular complexity index is 71.3. The molecule has 2 nitrogen and oxygen atoms in total. The summed E-state index contributed by atoms with van der Waals surface area (Å²) in [4.78, 5) is 0. The first-order valence-electron chi connectivity index (χ1n) is 3.25. The minimum absolute atomic E-state index is 0.734. The van der Waals surface area contributed by atoms with Gasteiger partial charge in [0.25, 0.3) is 0 Å². The molecule has 2 heteroatoms. The van der Waals surface area contributed by atoms with Gasteiger partial charge in [0.15, 0.2) is 0 Å². The van der Waals surface area contributed by atoms with E-state index in [9.17, 15) is 0 Å². The molecule has 0 spiro atoms. The van der Waals surface area contributed by atoms with Gasteiger partial charge in [-0.2, -0.15) is 0 Å². The van der Waals surface area contributed by atoms with Gasteiger partial charge in [0.1, 0.15) is 0 Å². The van der Waals surface area contributed by atoms with Gasteiger partial charge in [0.2, 0.25) is 0 Å². The number of ether oxygens (including phenoxy) is 1. The van der Waals surface area contributed by atoms with E-state index in [0.717, 1.165) is 19.8 Å². The van der Waals surface area contributed by atoms with Crippen LogP contribution < -0.4 is 5.32 Å². The number of likely N-dealkylation sites (N-methyl/N-ethyl adjacent to an activating group) is 1. The zero-order valence-electron chi connectivity index (χ0n) is 6.18. The summed E-state index contributed by atoms with van der Waals surface area (Å²) < 4.78 is 5.17. The van der Waals surface area contributed by atoms with Crippen molar-refractivity contribution in [2.75, 3.05) is 26.8 Å². The van der Waals surface area contributed by atoms with Crippen LogP contribution in [-0.4, -0.2) is 26.8 Å². The predicted octanol–water partition coefficient (Wildman–Crippen LogP) is 0.798. The van der Waals surface area contributed by atoms with Crippen molar-refractivity contribution in [3.05, 3.63) is 12.2 Å². The van der Waals surface area contributed by atoms with Crippen LogP contribution in [0.1, 0.15) is 6.92 Å². The highest BCUT2D eigenvalue weighted by atomic mass is 16.5. The molecule has 0 saturated heterocycles. The molecule has 0 bridgehead atoms. The lowest BCUT2D eigenvalue weighted by Crippen LogP contribution is -2.13. The molecule has 0 atom stereocenters. The van der Waals surface area contributed by atoms with Crippen molar-refractivity contribution in [1.29, 1.82) is 0 Å². The SMILES string of the molecule is C/C=C/COCCNC. The molecule has 0 saturated carbocycles. The van der Waals surface area contributed by atoms with Crippen molar-refractivity contribution >= 4 is 0 Å². The van der Waals surface area contributed by atoms with Crippen LogP contribution in [0.4, 0.5) is 0 Å². The zero-order valence-corrected chi connectivity index (χ0v) is 6.18. The lowest BCUT2D eigenvalue weighted by molar-refractivity contribution is 0.165. The fourth-order valence-electron chi connectivity index (χ4n) is 0.422. The van der Waals surface area contributed by atoms with Crippen molar-refractivity contribution in [3.63, 3.8) is 0 Å². The van der Waals surface area contributed by atoms with Crippen LogP contribution in [0.5, 0.6) is 0 Å². The Labute approximate surface area is 56.9 Å². The molecule has 9 heavy (non-hydrogen) atoms. The smallest absolute Gasteiger partial charge is 0.0647 e. The largest absolute Gasteiger partial charge is 0.376 e. The third-order valence-electron chi connectivity index (χ3n) is 0.946. The Kier molecular flexibility index (Phi) is 7.37. The van der Waals surface area contributed by atoms with Gasteiger partial charge in [-0.15, -0.1) is 0 Å². The fourth-order valence-corrected chi connectivity index (χ4v) is 0.422. The normalized spacial score (nSPS) is 10.9. The first-order chi connectivity index (χ1) is 4.41. The Morgan fingerprint density at radius 3 is 2.89 bits per heavy atom. The Hall–Kier alpha value is -0.340. The van der Waals surface area contributed by atoms with Crippen LogP contribution in [0.2, 0.25) is 0 Å². The molecule has 0 rings (SSSR count). The van der Waals surface area contributed by atoms with Crippen molar-refractivity contribution in [2.45, 2.75) is 6.92 Å². The second-order valence-corrected chi connectivity index (χ2v) is 1.75. The highest BCUT2D eigenvalue weighted by Gasteiger charge is 1.79. The van der Waals surface area contributed by atoms with E-state index in [0.29, 0.717) is 0 Å². The highest BCUT2D eigenvalue weighted by Crippen LogP contribution is 1.74. The van der Waals surface area contributed by atoms with Gasteiger partial charge in [-0.1, -0.05) is 12.2 Å². The molecular formula is C7H15NO. The van der Waals surface area contributed by atoms with Gasteiger partial charge in [0.05, 0.1) is 13.2 Å². The molecule has 0 amide bonds. The molecule has 0 unspecified atom stereocenters. The molecule has 0 radical (unpaired) electrons. The van der Waals surface area contributed by atoms with Crippen LogP contribution in [-0.2, 0) is 4.74 Å². The first-order valence-corrected chi connectivity index (χ1v) is 3.25. The number of rotatable bonds is 5. The van der Waals surface area contributed by atoms with Gasteiger partial charge in [0, 0.05) is 6.54 Å². The molecule has 0 aromatic rings. The van der Waals surface area contributed by atoms with Crippen LogP contribution in [0, 0.1) is 0 Å². The van der Waals surface area contributed by atoms with Crippen LogP contribution in [0.25, 0.3) is 0 Å². The molecule has 0 aliphatic rings. The monoisotopic (exact) mass is 129 g/mol. The third-order valence-corrected chi connectivity index (χ3v) is 0.946. The minimum Gasteiger partial charge on any atom is -0.376 e. The predicted molar refractivity (Wildman–Crippen MR) is 39.6 cm³/mol. The van der Waals surface area contributed by atoms with Gasteiger partial charge < -0.3 is 10.1 Å². The topological polar surface area (TPSA) is 21.3 Å². The Morgan fingerprint density at radius 2 is 2.33 bits per heavy atom. The summed E-state index contributed by atoms with van der Waals surface area (Å²) in [6, 6.07) is 0. The standard InChI is InChI=1S/C7H15NO/c1-3-4-6-9-7-5-8-2/h3-4,8H,5-7H2,1-2H3/b4-3+. The lowest BCUT2D eigenvalue weighted by atomic mass is 10.5. The van der Waals surface area contributed by atoms with E-state index in [1.54, 1.807) is 0 Å². The van der Waals surface area contributed by atoms with Crippen LogP contribution in [0.3, 0.4) is 0 Å². The molecule has 0 aliphatic carbocycles. The summed E-state index contributed by atoms with van der Waals surface area (Å²) in [5.74, 6) is 0. The molecule has 0 heterocycles. The van der Waals surface area contributed by atoms with Crippen molar-refractivity contribution in [3.8, 4) is 0 Å². The van der Waals surface area contributed by atoms with E-state index in [-0.39, 0.29) is 0 Å². The molecule has 0 aromatic carbocycles. The maximum atomic E-state index is 5.17. The van der Waals surface area contributed by atoms with Crippen molar-refractivity contribution in [1.82, 2.24) is 5.32 Å². The van der Waals surface area contributed by atoms with E-state index in [4.69, 9.17) is 4.74 Å². The second kappa shape index (κ2) is 7.66. The summed E-state index contributed by atoms with van der Waals surface area (Å²) >= 11 is 0. The number of hydrogen-bond acceptors (Lipinski definition) is 2. The van der Waals surface area contributed by atoms with E-state index in [1.807, 2.05) is 26.1 Å². The van der Waals surface area contributed by atoms with Crippen molar-refractivity contribution in [2.24, 2.45) is 0 Å². The number of hydrogen-bond donors (Lipinski definition) is 1. The van der Waals surface area contributed by atoms with E-state index < -0.39 is 0 Å². The summed E-state index contributed by atoms with van der Waals surface area (Å²) in [7, 11) is 1.92. The first kappa shape index (κ1) is 8.66. The summed E-state index contributed by atoms with van der Waals surface area (Å²) in [6.45, 7) is 4.44. The molecule has 54 valence electrons. The van der Waals surface area contributed by atoms with Crippen molar-refractivity contribution < 1.29 is 4.74 Å². The Morgan fingerprint density at radius 1 is 1.56 bits per heavy atom. The summed E-state index contributed by atoms with van der Waals surface area (Å²) in [5, 5.41) is 3.00. The average molecular weight is 129 g/mol. The summed E-state index contributed by atoms with van der Waals surface area (Å²) in [6.07, 6.45) is 3.98. The minimum atomic E-state index is 0.734. The van der Waals surface area contributed by atoms with Gasteiger partial charge >= 0.3 is 0 Å². The lowest BCUT2D eigenvalue weighted by Gasteiger charge is -1.97. The zero-order chi connectivity index (χ0) is 6.95. The summed E-state index contributed by atoms with van der Waals surface area (Å²) in [5.41, 5.74) is 0. The molecule has 1 N–H and O–H groups in total. The van der Waals surface area contributed by atoms with E-state index in [2.05, 4.69) is 5.32 Å². The Balaban J connectivity index is 2.75. The molecule has 0 fully saturated rings. The van der Waals surface area contributed by atoms with Crippen LogP contribution >= 0.6 is 0 Å². The molecule has 0 aromatic heterocycles. The third kappa shape index (κ3) is 7.66. The average Bonchev–Trinajstić information content (AvgIpc) is 1.89. The van der Waals surface area contributed by atoms with Gasteiger partial charge in [-0.3, -0.25) is 0 Å². The second-order valence-electron chi connectivity index (χ2n) is 1.75. The van der Waals surface area contributed by atoms with E-state index in [1.165, 1.54) is 0 Å². The number of nitrogens with one attached hydrogen (secondary N) is 1. The van der Waals surface area contributed by atoms with Gasteiger partial charge in [-0.25, -0.2) is 0 Å². The van der Waals surface area contributed by atoms with Crippen LogP contribution in [0.15, 0.2) is 12.2 Å². The quantitative estimate of drug-likeness (QED) is 0.438. The van der Waals surface area contributed by atoms with Gasteiger partial charge in [-0.05, 0) is 14.0 Å². The fraction of sp³-hybridized carbons (Fsp3) is 0.714. The van der Waals surface area contributed by atoms with E-state index >= 15 is 0 Å². The maximum absolute atomic E-state index is 5.17. The molecular weight excluding hydrogens is 114 g/mol. The highest BCUT2D eigenvalue weighted by molar-refractivity contribution is 4.75. The molecule has 0 aliphatic heterocycles. The maximum Gasteiger partial charge on any atom is 0.0647 e.